The van der Waals surface area contributed by atoms with Crippen LogP contribution in [-0.4, -0.2) is 23.6 Å². The highest BCUT2D eigenvalue weighted by molar-refractivity contribution is 5.86. The molecule has 0 amide bonds. The largest absolute Gasteiger partial charge is 0.433 e. The van der Waals surface area contributed by atoms with E-state index in [4.69, 9.17) is 9.47 Å². The molecule has 3 atom stereocenters. The molecule has 3 unspecified atom stereocenters. The van der Waals surface area contributed by atoms with E-state index in [1.807, 2.05) is 27.7 Å². The molecule has 1 saturated carbocycles. The molecule has 2 fully saturated rings. The average molecular weight is 254 g/mol. The van der Waals surface area contributed by atoms with E-state index >= 15 is 0 Å². The predicted molar refractivity (Wildman–Crippen MR) is 65.8 cm³/mol. The molecule has 0 bridgehead atoms. The maximum Gasteiger partial charge on any atom is 0.341 e. The number of ether oxygens (including phenoxy) is 2. The summed E-state index contributed by atoms with van der Waals surface area (Å²) in [6.07, 6.45) is 1.79. The molecule has 1 aliphatic heterocycles. The van der Waals surface area contributed by atoms with Crippen LogP contribution in [0.1, 0.15) is 53.4 Å². The van der Waals surface area contributed by atoms with Crippen molar-refractivity contribution in [2.24, 2.45) is 11.3 Å². The second-order valence-corrected chi connectivity index (χ2v) is 6.44. The monoisotopic (exact) mass is 254 g/mol. The predicted octanol–water partition coefficient (Wildman–Crippen LogP) is 2.45. The molecule has 2 rings (SSSR count). The highest BCUT2D eigenvalue weighted by Crippen LogP contribution is 2.45. The van der Waals surface area contributed by atoms with Crippen molar-refractivity contribution in [2.75, 3.05) is 0 Å². The third kappa shape index (κ3) is 2.07. The summed E-state index contributed by atoms with van der Waals surface area (Å²) >= 11 is 0. The fourth-order valence-corrected chi connectivity index (χ4v) is 2.81. The highest BCUT2D eigenvalue weighted by atomic mass is 16.8. The van der Waals surface area contributed by atoms with Crippen LogP contribution in [0, 0.1) is 11.3 Å². The first kappa shape index (κ1) is 13.5. The van der Waals surface area contributed by atoms with E-state index in [0.29, 0.717) is 19.3 Å². The minimum absolute atomic E-state index is 0.0187. The summed E-state index contributed by atoms with van der Waals surface area (Å²) in [7, 11) is 0. The van der Waals surface area contributed by atoms with Gasteiger partial charge in [0, 0.05) is 24.2 Å². The Labute approximate surface area is 108 Å². The zero-order valence-electron chi connectivity index (χ0n) is 11.6. The van der Waals surface area contributed by atoms with Crippen LogP contribution in [0.2, 0.25) is 0 Å². The smallest absolute Gasteiger partial charge is 0.341 e. The van der Waals surface area contributed by atoms with Crippen molar-refractivity contribution in [1.82, 2.24) is 0 Å². The van der Waals surface area contributed by atoms with Gasteiger partial charge in [-0.2, -0.15) is 0 Å². The van der Waals surface area contributed by atoms with Crippen molar-refractivity contribution in [3.63, 3.8) is 0 Å². The van der Waals surface area contributed by atoms with Crippen molar-refractivity contribution < 1.29 is 19.1 Å². The summed E-state index contributed by atoms with van der Waals surface area (Å²) in [5, 5.41) is 0. The molecule has 0 spiro atoms. The van der Waals surface area contributed by atoms with E-state index in [1.165, 1.54) is 0 Å². The summed E-state index contributed by atoms with van der Waals surface area (Å²) in [6.45, 7) is 7.87. The van der Waals surface area contributed by atoms with Gasteiger partial charge in [0.15, 0.2) is 5.60 Å². The molecule has 4 heteroatoms. The van der Waals surface area contributed by atoms with Crippen LogP contribution >= 0.6 is 0 Å². The van der Waals surface area contributed by atoms with Crippen molar-refractivity contribution in [2.45, 2.75) is 65.3 Å². The SMILES string of the molecule is CCC1(C2CCC(=O)C2)OC(C(C)(C)C)OC1=O. The van der Waals surface area contributed by atoms with Crippen LogP contribution in [0.5, 0.6) is 0 Å². The number of esters is 1. The number of rotatable bonds is 2. The molecule has 0 N–H and O–H groups in total. The van der Waals surface area contributed by atoms with Gasteiger partial charge in [0.1, 0.15) is 5.78 Å². The number of hydrogen-bond acceptors (Lipinski definition) is 4. The van der Waals surface area contributed by atoms with E-state index in [9.17, 15) is 9.59 Å². The third-order valence-corrected chi connectivity index (χ3v) is 4.01. The van der Waals surface area contributed by atoms with Gasteiger partial charge < -0.3 is 9.47 Å². The summed E-state index contributed by atoms with van der Waals surface area (Å²) < 4.78 is 11.4. The lowest BCUT2D eigenvalue weighted by atomic mass is 9.83. The average Bonchev–Trinajstić information content (AvgIpc) is 2.82. The Hall–Kier alpha value is -0.900. The summed E-state index contributed by atoms with van der Waals surface area (Å²) in [4.78, 5) is 23.7. The van der Waals surface area contributed by atoms with E-state index in [-0.39, 0.29) is 23.1 Å². The fraction of sp³-hybridized carbons (Fsp3) is 0.857. The zero-order chi connectivity index (χ0) is 13.6. The molecule has 0 radical (unpaired) electrons. The zero-order valence-corrected chi connectivity index (χ0v) is 11.6. The second-order valence-electron chi connectivity index (χ2n) is 6.44. The molecule has 2 aliphatic rings. The van der Waals surface area contributed by atoms with Gasteiger partial charge in [-0.15, -0.1) is 0 Å². The van der Waals surface area contributed by atoms with Crippen molar-refractivity contribution >= 4 is 11.8 Å². The first-order valence-corrected chi connectivity index (χ1v) is 6.70. The lowest BCUT2D eigenvalue weighted by Gasteiger charge is -2.31. The number of ketones is 1. The molecule has 4 nitrogen and oxygen atoms in total. The molecule has 0 aromatic heterocycles. The topological polar surface area (TPSA) is 52.6 Å². The van der Waals surface area contributed by atoms with Crippen LogP contribution in [0.4, 0.5) is 0 Å². The molecule has 18 heavy (non-hydrogen) atoms. The summed E-state index contributed by atoms with van der Waals surface area (Å²) in [5.41, 5.74) is -1.14. The molecule has 0 aromatic carbocycles. The summed E-state index contributed by atoms with van der Waals surface area (Å²) in [5.74, 6) is -0.0806. The standard InChI is InChI=1S/C14H22O4/c1-5-14(9-6-7-10(15)8-9)11(16)17-12(18-14)13(2,3)4/h9,12H,5-8H2,1-4H3. The highest BCUT2D eigenvalue weighted by Gasteiger charge is 2.57. The lowest BCUT2D eigenvalue weighted by Crippen LogP contribution is -2.43. The maximum absolute atomic E-state index is 12.2. The van der Waals surface area contributed by atoms with Crippen LogP contribution < -0.4 is 0 Å². The van der Waals surface area contributed by atoms with Gasteiger partial charge in [-0.25, -0.2) is 4.79 Å². The number of hydrogen-bond donors (Lipinski definition) is 0. The molecular formula is C14H22O4. The maximum atomic E-state index is 12.2. The van der Waals surface area contributed by atoms with Crippen LogP contribution in [0.25, 0.3) is 0 Å². The van der Waals surface area contributed by atoms with E-state index in [0.717, 1.165) is 6.42 Å². The van der Waals surface area contributed by atoms with E-state index < -0.39 is 11.9 Å². The Morgan fingerprint density at radius 1 is 1.33 bits per heavy atom. The summed E-state index contributed by atoms with van der Waals surface area (Å²) in [6, 6.07) is 0. The molecule has 0 aromatic rings. The fourth-order valence-electron chi connectivity index (χ4n) is 2.81. The first-order valence-electron chi connectivity index (χ1n) is 6.70. The molecule has 1 aliphatic carbocycles. The molecule has 1 heterocycles. The number of carbonyl (C=O) groups excluding carboxylic acids is 2. The van der Waals surface area contributed by atoms with Gasteiger partial charge in [0.2, 0.25) is 6.29 Å². The van der Waals surface area contributed by atoms with E-state index in [2.05, 4.69) is 0 Å². The molecule has 1 saturated heterocycles. The Bertz CT molecular complexity index is 368. The Morgan fingerprint density at radius 2 is 2.00 bits per heavy atom. The first-order chi connectivity index (χ1) is 8.29. The molecular weight excluding hydrogens is 232 g/mol. The van der Waals surface area contributed by atoms with Crippen molar-refractivity contribution in [3.8, 4) is 0 Å². The van der Waals surface area contributed by atoms with Gasteiger partial charge in [-0.3, -0.25) is 4.79 Å². The normalized spacial score (nSPS) is 37.1. The number of Topliss-reactive ketones (excluding diaryl/α,β-unsaturated/α-hetero) is 1. The van der Waals surface area contributed by atoms with Crippen molar-refractivity contribution in [3.05, 3.63) is 0 Å². The van der Waals surface area contributed by atoms with Crippen molar-refractivity contribution in [1.29, 1.82) is 0 Å². The minimum atomic E-state index is -0.899. The van der Waals surface area contributed by atoms with E-state index in [1.54, 1.807) is 0 Å². The minimum Gasteiger partial charge on any atom is -0.433 e. The number of carbonyl (C=O) groups is 2. The van der Waals surface area contributed by atoms with Gasteiger partial charge in [0.25, 0.3) is 0 Å². The number of cyclic esters (lactones) is 1. The van der Waals surface area contributed by atoms with Crippen LogP contribution in [0.3, 0.4) is 0 Å². The second kappa shape index (κ2) is 4.34. The Balaban J connectivity index is 2.23. The Kier molecular flexibility index (Phi) is 3.26. The molecule has 102 valence electrons. The van der Waals surface area contributed by atoms with Crippen LogP contribution in [0.15, 0.2) is 0 Å². The van der Waals surface area contributed by atoms with Gasteiger partial charge in [-0.1, -0.05) is 27.7 Å². The van der Waals surface area contributed by atoms with Crippen LogP contribution in [-0.2, 0) is 19.1 Å². The third-order valence-electron chi connectivity index (χ3n) is 4.01. The lowest BCUT2D eigenvalue weighted by molar-refractivity contribution is -0.160. The Morgan fingerprint density at radius 3 is 2.39 bits per heavy atom. The van der Waals surface area contributed by atoms with Gasteiger partial charge in [0.05, 0.1) is 0 Å². The quantitative estimate of drug-likeness (QED) is 0.710. The van der Waals surface area contributed by atoms with Gasteiger partial charge >= 0.3 is 5.97 Å². The van der Waals surface area contributed by atoms with Gasteiger partial charge in [-0.05, 0) is 12.8 Å².